The van der Waals surface area contributed by atoms with Crippen LogP contribution in [0.5, 0.6) is 5.75 Å². The molecule has 1 aliphatic rings. The first-order valence-corrected chi connectivity index (χ1v) is 8.59. The van der Waals surface area contributed by atoms with Gasteiger partial charge in [-0.05, 0) is 50.8 Å². The van der Waals surface area contributed by atoms with Crippen LogP contribution in [0.15, 0.2) is 24.3 Å². The zero-order valence-electron chi connectivity index (χ0n) is 14.9. The van der Waals surface area contributed by atoms with Gasteiger partial charge in [0.2, 0.25) is 0 Å². The molecule has 1 saturated heterocycles. The van der Waals surface area contributed by atoms with E-state index in [4.69, 9.17) is 4.74 Å². The molecular formula is C19H32N2O. The van der Waals surface area contributed by atoms with Crippen molar-refractivity contribution in [2.45, 2.75) is 52.7 Å². The molecule has 2 rings (SSSR count). The minimum Gasteiger partial charge on any atom is -0.488 e. The fourth-order valence-corrected chi connectivity index (χ4v) is 3.05. The van der Waals surface area contributed by atoms with Gasteiger partial charge in [0.1, 0.15) is 11.4 Å². The van der Waals surface area contributed by atoms with Crippen LogP contribution in [0.4, 0.5) is 0 Å². The number of piperazine rings is 1. The minimum absolute atomic E-state index is 0.141. The van der Waals surface area contributed by atoms with Gasteiger partial charge in [0, 0.05) is 32.2 Å². The second-order valence-electron chi connectivity index (χ2n) is 7.71. The van der Waals surface area contributed by atoms with Gasteiger partial charge in [0.15, 0.2) is 0 Å². The predicted octanol–water partition coefficient (Wildman–Crippen LogP) is 3.86. The Balaban J connectivity index is 2.12. The normalized spacial score (nSPS) is 18.5. The van der Waals surface area contributed by atoms with Gasteiger partial charge in [0.25, 0.3) is 0 Å². The Hall–Kier alpha value is -1.06. The number of nitrogens with zero attached hydrogens (tertiary/aromatic N) is 1. The van der Waals surface area contributed by atoms with Gasteiger partial charge in [-0.15, -0.1) is 0 Å². The van der Waals surface area contributed by atoms with Crippen molar-refractivity contribution in [1.82, 2.24) is 10.2 Å². The van der Waals surface area contributed by atoms with E-state index in [-0.39, 0.29) is 5.60 Å². The monoisotopic (exact) mass is 304 g/mol. The highest BCUT2D eigenvalue weighted by molar-refractivity contribution is 5.30. The molecule has 1 heterocycles. The van der Waals surface area contributed by atoms with Gasteiger partial charge in [-0.25, -0.2) is 0 Å². The molecule has 0 bridgehead atoms. The number of hydrogen-bond acceptors (Lipinski definition) is 3. The molecule has 0 saturated carbocycles. The quantitative estimate of drug-likeness (QED) is 0.894. The van der Waals surface area contributed by atoms with Crippen LogP contribution in [0.3, 0.4) is 0 Å². The molecular weight excluding hydrogens is 272 g/mol. The van der Waals surface area contributed by atoms with Crippen LogP contribution in [0, 0.1) is 5.92 Å². The Kier molecular flexibility index (Phi) is 5.87. The van der Waals surface area contributed by atoms with E-state index in [0.29, 0.717) is 12.0 Å². The molecule has 3 heteroatoms. The maximum absolute atomic E-state index is 5.94. The molecule has 1 N–H and O–H groups in total. The highest BCUT2D eigenvalue weighted by atomic mass is 16.5. The van der Waals surface area contributed by atoms with E-state index in [1.165, 1.54) is 12.0 Å². The standard InChI is InChI=1S/C19H32N2O/c1-15(2)14-18(21-12-10-20-11-13-21)16-6-8-17(9-7-16)22-19(3,4)5/h6-9,15,18,20H,10-14H2,1-5H3/t18-/m1/s1. The van der Waals surface area contributed by atoms with Crippen LogP contribution in [-0.4, -0.2) is 36.7 Å². The lowest BCUT2D eigenvalue weighted by Gasteiger charge is -2.36. The maximum Gasteiger partial charge on any atom is 0.120 e. The van der Waals surface area contributed by atoms with Gasteiger partial charge in [-0.3, -0.25) is 4.90 Å². The van der Waals surface area contributed by atoms with Crippen LogP contribution in [0.2, 0.25) is 0 Å². The van der Waals surface area contributed by atoms with Gasteiger partial charge in [-0.2, -0.15) is 0 Å². The lowest BCUT2D eigenvalue weighted by Crippen LogP contribution is -2.45. The van der Waals surface area contributed by atoms with Crippen molar-refractivity contribution in [3.8, 4) is 5.75 Å². The van der Waals surface area contributed by atoms with E-state index < -0.39 is 0 Å². The van der Waals surface area contributed by atoms with Crippen LogP contribution in [0.1, 0.15) is 52.6 Å². The first-order chi connectivity index (χ1) is 10.3. The summed E-state index contributed by atoms with van der Waals surface area (Å²) in [5.74, 6) is 1.66. The molecule has 0 unspecified atom stereocenters. The zero-order chi connectivity index (χ0) is 16.2. The molecule has 0 radical (unpaired) electrons. The van der Waals surface area contributed by atoms with Crippen molar-refractivity contribution in [3.05, 3.63) is 29.8 Å². The van der Waals surface area contributed by atoms with Gasteiger partial charge >= 0.3 is 0 Å². The number of ether oxygens (including phenoxy) is 1. The zero-order valence-corrected chi connectivity index (χ0v) is 14.9. The highest BCUT2D eigenvalue weighted by Crippen LogP contribution is 2.30. The fourth-order valence-electron chi connectivity index (χ4n) is 3.05. The van der Waals surface area contributed by atoms with E-state index >= 15 is 0 Å². The molecule has 1 fully saturated rings. The van der Waals surface area contributed by atoms with Crippen molar-refractivity contribution in [1.29, 1.82) is 0 Å². The average molecular weight is 304 g/mol. The lowest BCUT2D eigenvalue weighted by molar-refractivity contribution is 0.130. The molecule has 1 aliphatic heterocycles. The molecule has 1 aromatic carbocycles. The molecule has 0 aromatic heterocycles. The maximum atomic E-state index is 5.94. The van der Waals surface area contributed by atoms with Gasteiger partial charge in [-0.1, -0.05) is 26.0 Å². The van der Waals surface area contributed by atoms with Crippen molar-refractivity contribution in [3.63, 3.8) is 0 Å². The largest absolute Gasteiger partial charge is 0.488 e. The molecule has 0 amide bonds. The highest BCUT2D eigenvalue weighted by Gasteiger charge is 2.23. The summed E-state index contributed by atoms with van der Waals surface area (Å²) in [6.07, 6.45) is 1.21. The lowest BCUT2D eigenvalue weighted by atomic mass is 9.95. The topological polar surface area (TPSA) is 24.5 Å². The Morgan fingerprint density at radius 3 is 2.18 bits per heavy atom. The molecule has 0 spiro atoms. The van der Waals surface area contributed by atoms with Crippen molar-refractivity contribution in [2.75, 3.05) is 26.2 Å². The van der Waals surface area contributed by atoms with E-state index in [1.807, 2.05) is 0 Å². The first kappa shape index (κ1) is 17.3. The summed E-state index contributed by atoms with van der Waals surface area (Å²) in [6, 6.07) is 9.25. The van der Waals surface area contributed by atoms with Gasteiger partial charge in [0.05, 0.1) is 0 Å². The summed E-state index contributed by atoms with van der Waals surface area (Å²) < 4.78 is 5.94. The summed E-state index contributed by atoms with van der Waals surface area (Å²) in [5.41, 5.74) is 1.27. The van der Waals surface area contributed by atoms with Crippen molar-refractivity contribution < 1.29 is 4.74 Å². The van der Waals surface area contributed by atoms with Crippen molar-refractivity contribution in [2.24, 2.45) is 5.92 Å². The summed E-state index contributed by atoms with van der Waals surface area (Å²) in [7, 11) is 0. The molecule has 22 heavy (non-hydrogen) atoms. The summed E-state index contributed by atoms with van der Waals surface area (Å²) in [5, 5.41) is 3.45. The summed E-state index contributed by atoms with van der Waals surface area (Å²) >= 11 is 0. The minimum atomic E-state index is -0.141. The molecule has 124 valence electrons. The second-order valence-corrected chi connectivity index (χ2v) is 7.71. The Morgan fingerprint density at radius 2 is 1.68 bits per heavy atom. The van der Waals surface area contributed by atoms with E-state index in [9.17, 15) is 0 Å². The van der Waals surface area contributed by atoms with Crippen LogP contribution in [0.25, 0.3) is 0 Å². The van der Waals surface area contributed by atoms with Gasteiger partial charge < -0.3 is 10.1 Å². The summed E-state index contributed by atoms with van der Waals surface area (Å²) in [4.78, 5) is 2.62. The molecule has 3 nitrogen and oxygen atoms in total. The fraction of sp³-hybridized carbons (Fsp3) is 0.684. The number of nitrogens with one attached hydrogen (secondary N) is 1. The first-order valence-electron chi connectivity index (χ1n) is 8.59. The number of hydrogen-bond donors (Lipinski definition) is 1. The third kappa shape index (κ3) is 5.29. The SMILES string of the molecule is CC(C)C[C@H](c1ccc(OC(C)(C)C)cc1)N1CCNCC1. The van der Waals surface area contributed by atoms with Crippen LogP contribution >= 0.6 is 0 Å². The second kappa shape index (κ2) is 7.47. The molecule has 0 aliphatic carbocycles. The predicted molar refractivity (Wildman–Crippen MR) is 93.5 cm³/mol. The number of rotatable bonds is 5. The van der Waals surface area contributed by atoms with Crippen LogP contribution in [-0.2, 0) is 0 Å². The Bertz CT molecular complexity index is 441. The van der Waals surface area contributed by atoms with Crippen molar-refractivity contribution >= 4 is 0 Å². The third-order valence-electron chi connectivity index (χ3n) is 3.98. The Labute approximate surface area is 136 Å². The molecule has 1 atom stereocenters. The van der Waals surface area contributed by atoms with E-state index in [1.54, 1.807) is 0 Å². The van der Waals surface area contributed by atoms with E-state index in [0.717, 1.165) is 31.9 Å². The smallest absolute Gasteiger partial charge is 0.120 e. The third-order valence-corrected chi connectivity index (χ3v) is 3.98. The average Bonchev–Trinajstić information content (AvgIpc) is 2.45. The summed E-state index contributed by atoms with van der Waals surface area (Å²) in [6.45, 7) is 15.4. The Morgan fingerprint density at radius 1 is 1.09 bits per heavy atom. The molecule has 1 aromatic rings. The van der Waals surface area contributed by atoms with E-state index in [2.05, 4.69) is 69.1 Å². The number of benzene rings is 1. The van der Waals surface area contributed by atoms with Crippen LogP contribution < -0.4 is 10.1 Å².